The fourth-order valence-electron chi connectivity index (χ4n) is 3.96. The maximum Gasteiger partial charge on any atom is 0.410 e. The number of hydrogen-bond donors (Lipinski definition) is 2. The number of nitrogens with zero attached hydrogens (tertiary/aromatic N) is 4. The van der Waals surface area contributed by atoms with Crippen LogP contribution in [-0.4, -0.2) is 61.8 Å². The van der Waals surface area contributed by atoms with E-state index in [9.17, 15) is 14.7 Å². The predicted octanol–water partition coefficient (Wildman–Crippen LogP) is 5.15. The second-order valence-corrected chi connectivity index (χ2v) is 9.92. The van der Waals surface area contributed by atoms with Gasteiger partial charge in [0.2, 0.25) is 11.8 Å². The number of anilines is 1. The van der Waals surface area contributed by atoms with Crippen molar-refractivity contribution < 1.29 is 24.2 Å². The summed E-state index contributed by atoms with van der Waals surface area (Å²) in [6, 6.07) is 10.0. The zero-order chi connectivity index (χ0) is 26.6. The number of aromatic nitrogens is 3. The summed E-state index contributed by atoms with van der Waals surface area (Å²) in [6.07, 6.45) is 4.63. The lowest BCUT2D eigenvalue weighted by molar-refractivity contribution is 0.0206. The fourth-order valence-corrected chi connectivity index (χ4v) is 3.96. The number of carboxylic acids is 1. The van der Waals surface area contributed by atoms with E-state index < -0.39 is 11.6 Å². The molecule has 2 aromatic heterocycles. The zero-order valence-corrected chi connectivity index (χ0v) is 21.4. The minimum absolute atomic E-state index is 0.0254. The lowest BCUT2D eigenvalue weighted by Gasteiger charge is -2.34. The van der Waals surface area contributed by atoms with Gasteiger partial charge in [0.1, 0.15) is 11.4 Å². The third-order valence-electron chi connectivity index (χ3n) is 5.75. The summed E-state index contributed by atoms with van der Waals surface area (Å²) in [4.78, 5) is 39.0. The molecule has 3 aromatic rings. The fraction of sp³-hybridized carbons (Fsp3) is 0.370. The summed E-state index contributed by atoms with van der Waals surface area (Å²) in [6.45, 7) is 8.52. The lowest BCUT2D eigenvalue weighted by Crippen LogP contribution is -2.47. The normalized spacial score (nSPS) is 15.7. The number of benzene rings is 1. The number of rotatable bonds is 6. The Morgan fingerprint density at radius 3 is 2.70 bits per heavy atom. The third kappa shape index (κ3) is 6.72. The predicted molar refractivity (Wildman–Crippen MR) is 138 cm³/mol. The number of carbonyl (C=O) groups is 2. The van der Waals surface area contributed by atoms with Gasteiger partial charge in [0.15, 0.2) is 0 Å². The van der Waals surface area contributed by atoms with Crippen LogP contribution >= 0.6 is 0 Å². The molecule has 4 rings (SSSR count). The molecule has 0 saturated carbocycles. The number of pyridine rings is 1. The highest BCUT2D eigenvalue weighted by atomic mass is 16.6. The van der Waals surface area contributed by atoms with Crippen molar-refractivity contribution in [1.29, 1.82) is 0 Å². The van der Waals surface area contributed by atoms with Gasteiger partial charge in [-0.3, -0.25) is 0 Å². The van der Waals surface area contributed by atoms with Gasteiger partial charge >= 0.3 is 12.1 Å². The maximum absolute atomic E-state index is 12.5. The molecule has 194 valence electrons. The minimum Gasteiger partial charge on any atom is -0.478 e. The van der Waals surface area contributed by atoms with Crippen LogP contribution in [0.4, 0.5) is 10.7 Å². The third-order valence-corrected chi connectivity index (χ3v) is 5.75. The largest absolute Gasteiger partial charge is 0.478 e. The number of carboxylic acid groups (broad SMARTS) is 1. The van der Waals surface area contributed by atoms with Crippen molar-refractivity contribution >= 4 is 18.0 Å². The van der Waals surface area contributed by atoms with E-state index in [4.69, 9.17) is 9.47 Å². The van der Waals surface area contributed by atoms with Gasteiger partial charge in [-0.1, -0.05) is 6.07 Å². The van der Waals surface area contributed by atoms with Gasteiger partial charge in [-0.25, -0.2) is 24.5 Å². The Morgan fingerprint density at radius 1 is 1.14 bits per heavy atom. The first-order valence-electron chi connectivity index (χ1n) is 12.1. The van der Waals surface area contributed by atoms with Crippen molar-refractivity contribution in [3.8, 4) is 22.9 Å². The second kappa shape index (κ2) is 10.8. The highest BCUT2D eigenvalue weighted by molar-refractivity contribution is 5.88. The van der Waals surface area contributed by atoms with Crippen molar-refractivity contribution in [1.82, 2.24) is 19.9 Å². The van der Waals surface area contributed by atoms with Crippen LogP contribution in [0.1, 0.15) is 49.5 Å². The average molecular weight is 506 g/mol. The van der Waals surface area contributed by atoms with Crippen LogP contribution in [-0.2, 0) is 4.74 Å². The quantitative estimate of drug-likeness (QED) is 0.467. The molecule has 0 spiro atoms. The SMILES string of the molecule is Cc1ccc(C(=O)O)cc1Oc1ncccc1-c1ccnc(NC2CCCN(C(=O)OC(C)(C)C)C2)n1. The van der Waals surface area contributed by atoms with Gasteiger partial charge in [0.05, 0.1) is 16.8 Å². The number of aryl methyl sites for hydroxylation is 1. The lowest BCUT2D eigenvalue weighted by atomic mass is 10.1. The molecule has 1 unspecified atom stereocenters. The Balaban J connectivity index is 1.52. The van der Waals surface area contributed by atoms with Gasteiger partial charge in [-0.05, 0) is 76.4 Å². The van der Waals surface area contributed by atoms with E-state index in [1.807, 2.05) is 33.8 Å². The molecule has 0 radical (unpaired) electrons. The van der Waals surface area contributed by atoms with Crippen LogP contribution in [0.3, 0.4) is 0 Å². The van der Waals surface area contributed by atoms with Crippen molar-refractivity contribution in [2.45, 2.75) is 52.2 Å². The van der Waals surface area contributed by atoms with Crippen LogP contribution < -0.4 is 10.1 Å². The van der Waals surface area contributed by atoms with E-state index in [2.05, 4.69) is 20.3 Å². The van der Waals surface area contributed by atoms with Crippen LogP contribution in [0.2, 0.25) is 0 Å². The molecule has 1 amide bonds. The average Bonchev–Trinajstić information content (AvgIpc) is 2.85. The summed E-state index contributed by atoms with van der Waals surface area (Å²) in [5, 5.41) is 12.7. The summed E-state index contributed by atoms with van der Waals surface area (Å²) in [5.74, 6) is 0.0844. The van der Waals surface area contributed by atoms with Gasteiger partial charge in [0, 0.05) is 31.5 Å². The monoisotopic (exact) mass is 505 g/mol. The maximum atomic E-state index is 12.5. The van der Waals surface area contributed by atoms with E-state index in [-0.39, 0.29) is 17.7 Å². The van der Waals surface area contributed by atoms with E-state index >= 15 is 0 Å². The molecule has 1 aliphatic rings. The van der Waals surface area contributed by atoms with Crippen molar-refractivity contribution in [3.05, 3.63) is 59.9 Å². The van der Waals surface area contributed by atoms with E-state index in [0.29, 0.717) is 41.9 Å². The Bertz CT molecular complexity index is 1290. The molecule has 1 fully saturated rings. The number of amides is 1. The molecule has 1 atom stereocenters. The van der Waals surface area contributed by atoms with E-state index in [1.165, 1.54) is 12.1 Å². The molecule has 10 heteroatoms. The molecule has 10 nitrogen and oxygen atoms in total. The molecule has 1 aliphatic heterocycles. The second-order valence-electron chi connectivity index (χ2n) is 9.92. The highest BCUT2D eigenvalue weighted by Crippen LogP contribution is 2.32. The summed E-state index contributed by atoms with van der Waals surface area (Å²) < 4.78 is 11.6. The topological polar surface area (TPSA) is 127 Å². The Hall–Kier alpha value is -4.21. The summed E-state index contributed by atoms with van der Waals surface area (Å²) in [5.41, 5.74) is 1.57. The molecule has 3 heterocycles. The van der Waals surface area contributed by atoms with Crippen LogP contribution in [0, 0.1) is 6.92 Å². The van der Waals surface area contributed by atoms with Crippen molar-refractivity contribution in [2.75, 3.05) is 18.4 Å². The van der Waals surface area contributed by atoms with Gasteiger partial charge in [-0.2, -0.15) is 0 Å². The zero-order valence-electron chi connectivity index (χ0n) is 21.4. The smallest absolute Gasteiger partial charge is 0.410 e. The summed E-state index contributed by atoms with van der Waals surface area (Å²) in [7, 11) is 0. The first-order valence-corrected chi connectivity index (χ1v) is 12.1. The van der Waals surface area contributed by atoms with Crippen LogP contribution in [0.15, 0.2) is 48.8 Å². The van der Waals surface area contributed by atoms with E-state index in [0.717, 1.165) is 18.4 Å². The standard InChI is InChI=1S/C27H31N5O5/c1-17-9-10-18(24(33)34)15-22(17)36-23-20(8-5-12-28-23)21-11-13-29-25(31-21)30-19-7-6-14-32(16-19)26(35)37-27(2,3)4/h5,8-13,15,19H,6-7,14,16H2,1-4H3,(H,33,34)(H,29,30,31). The number of likely N-dealkylation sites (tertiary alicyclic amines) is 1. The Kier molecular flexibility index (Phi) is 7.56. The highest BCUT2D eigenvalue weighted by Gasteiger charge is 2.28. The minimum atomic E-state index is -1.04. The van der Waals surface area contributed by atoms with Crippen LogP contribution in [0.25, 0.3) is 11.3 Å². The first kappa shape index (κ1) is 25.9. The summed E-state index contributed by atoms with van der Waals surface area (Å²) >= 11 is 0. The molecule has 37 heavy (non-hydrogen) atoms. The van der Waals surface area contributed by atoms with Crippen LogP contribution in [0.5, 0.6) is 11.6 Å². The molecular weight excluding hydrogens is 474 g/mol. The number of carbonyl (C=O) groups excluding carboxylic acids is 1. The van der Waals surface area contributed by atoms with Crippen molar-refractivity contribution in [2.24, 2.45) is 0 Å². The molecular formula is C27H31N5O5. The number of nitrogens with one attached hydrogen (secondary N) is 1. The molecule has 2 N–H and O–H groups in total. The number of ether oxygens (including phenoxy) is 2. The molecule has 1 saturated heterocycles. The Labute approximate surface area is 215 Å². The Morgan fingerprint density at radius 2 is 1.95 bits per heavy atom. The molecule has 0 aliphatic carbocycles. The first-order chi connectivity index (χ1) is 17.6. The van der Waals surface area contributed by atoms with Crippen molar-refractivity contribution in [3.63, 3.8) is 0 Å². The molecule has 1 aromatic carbocycles. The number of aromatic carboxylic acids is 1. The van der Waals surface area contributed by atoms with Gasteiger partial charge < -0.3 is 24.8 Å². The molecule has 0 bridgehead atoms. The van der Waals surface area contributed by atoms with Gasteiger partial charge in [0.25, 0.3) is 0 Å². The van der Waals surface area contributed by atoms with E-state index in [1.54, 1.807) is 35.5 Å². The van der Waals surface area contributed by atoms with Gasteiger partial charge in [-0.15, -0.1) is 0 Å². The number of piperidine rings is 1. The number of hydrogen-bond acceptors (Lipinski definition) is 8.